The Morgan fingerprint density at radius 1 is 1.57 bits per heavy atom. The summed E-state index contributed by atoms with van der Waals surface area (Å²) in [7, 11) is 0. The van der Waals surface area contributed by atoms with Gasteiger partial charge >= 0.3 is 0 Å². The highest BCUT2D eigenvalue weighted by Gasteiger charge is 2.20. The number of halogens is 2. The van der Waals surface area contributed by atoms with Crippen LogP contribution in [0.25, 0.3) is 0 Å². The minimum absolute atomic E-state index is 0.0858. The van der Waals surface area contributed by atoms with E-state index in [-0.39, 0.29) is 22.4 Å². The van der Waals surface area contributed by atoms with Gasteiger partial charge in [0, 0.05) is 23.2 Å². The van der Waals surface area contributed by atoms with Crippen LogP contribution in [0.5, 0.6) is 0 Å². The molecule has 0 aliphatic heterocycles. The molecule has 2 rings (SSSR count). The van der Waals surface area contributed by atoms with Crippen molar-refractivity contribution in [2.75, 3.05) is 5.32 Å². The minimum atomic E-state index is -0.703. The maximum absolute atomic E-state index is 13.5. The molecule has 0 amide bonds. The largest absolute Gasteiger partial charge is 0.370 e. The van der Waals surface area contributed by atoms with Gasteiger partial charge in [0.15, 0.2) is 0 Å². The number of rotatable bonds is 5. The summed E-state index contributed by atoms with van der Waals surface area (Å²) < 4.78 is 13.5. The van der Waals surface area contributed by atoms with Crippen LogP contribution < -0.4 is 5.32 Å². The van der Waals surface area contributed by atoms with Crippen LogP contribution in [-0.4, -0.2) is 9.91 Å². The molecule has 2 aromatic rings. The molecule has 0 saturated heterocycles. The number of hydrogen-bond donors (Lipinski definition) is 1. The molecule has 8 heteroatoms. The summed E-state index contributed by atoms with van der Waals surface area (Å²) in [6, 6.07) is 1.77. The molecule has 21 heavy (non-hydrogen) atoms. The lowest BCUT2D eigenvalue weighted by Crippen LogP contribution is -2.08. The lowest BCUT2D eigenvalue weighted by Gasteiger charge is -2.13. The van der Waals surface area contributed by atoms with Gasteiger partial charge in [-0.2, -0.15) is 0 Å². The third-order valence-electron chi connectivity index (χ3n) is 2.90. The van der Waals surface area contributed by atoms with E-state index in [0.29, 0.717) is 0 Å². The molecular formula is C13H13ClFN3O2S. The summed E-state index contributed by atoms with van der Waals surface area (Å²) in [5.41, 5.74) is -0.178. The second-order valence-electron chi connectivity index (χ2n) is 4.42. The zero-order valence-corrected chi connectivity index (χ0v) is 13.0. The van der Waals surface area contributed by atoms with Crippen molar-refractivity contribution in [1.82, 2.24) is 4.98 Å². The van der Waals surface area contributed by atoms with Crippen LogP contribution in [0.4, 0.5) is 15.8 Å². The van der Waals surface area contributed by atoms with Gasteiger partial charge in [0.1, 0.15) is 16.5 Å². The molecule has 1 aromatic heterocycles. The SMILES string of the molecule is CCc1cnc(C(C)Nc2cc(F)c(Cl)cc2[N+](=O)[O-])s1. The van der Waals surface area contributed by atoms with Gasteiger partial charge in [0.25, 0.3) is 5.69 Å². The predicted octanol–water partition coefficient (Wildman–Crippen LogP) is 4.58. The topological polar surface area (TPSA) is 68.1 Å². The Morgan fingerprint density at radius 2 is 2.29 bits per heavy atom. The molecule has 5 nitrogen and oxygen atoms in total. The van der Waals surface area contributed by atoms with Gasteiger partial charge in [0.05, 0.1) is 16.0 Å². The zero-order valence-electron chi connectivity index (χ0n) is 11.4. The summed E-state index contributed by atoms with van der Waals surface area (Å²) in [6.07, 6.45) is 2.65. The van der Waals surface area contributed by atoms with Gasteiger partial charge in [-0.15, -0.1) is 11.3 Å². The first kappa shape index (κ1) is 15.7. The highest BCUT2D eigenvalue weighted by molar-refractivity contribution is 7.11. The monoisotopic (exact) mass is 329 g/mol. The fourth-order valence-electron chi connectivity index (χ4n) is 1.78. The first-order valence-corrected chi connectivity index (χ1v) is 7.46. The molecule has 1 aromatic carbocycles. The van der Waals surface area contributed by atoms with Crippen molar-refractivity contribution in [2.45, 2.75) is 26.3 Å². The Kier molecular flexibility index (Phi) is 4.74. The highest BCUT2D eigenvalue weighted by atomic mass is 35.5. The zero-order chi connectivity index (χ0) is 15.6. The highest BCUT2D eigenvalue weighted by Crippen LogP contribution is 2.33. The Bertz CT molecular complexity index is 677. The summed E-state index contributed by atoms with van der Waals surface area (Å²) >= 11 is 7.11. The predicted molar refractivity (Wildman–Crippen MR) is 81.6 cm³/mol. The number of anilines is 1. The van der Waals surface area contributed by atoms with E-state index in [1.165, 1.54) is 11.3 Å². The molecular weight excluding hydrogens is 317 g/mol. The first-order valence-electron chi connectivity index (χ1n) is 6.27. The molecule has 0 aliphatic rings. The van der Waals surface area contributed by atoms with E-state index in [0.717, 1.165) is 28.4 Å². The van der Waals surface area contributed by atoms with Crippen molar-refractivity contribution < 1.29 is 9.31 Å². The average Bonchev–Trinajstić information content (AvgIpc) is 2.91. The molecule has 112 valence electrons. The van der Waals surface area contributed by atoms with Crippen LogP contribution in [0.2, 0.25) is 5.02 Å². The van der Waals surface area contributed by atoms with Crippen LogP contribution in [0.3, 0.4) is 0 Å². The van der Waals surface area contributed by atoms with Crippen molar-refractivity contribution in [3.8, 4) is 0 Å². The molecule has 1 heterocycles. The van der Waals surface area contributed by atoms with E-state index in [9.17, 15) is 14.5 Å². The quantitative estimate of drug-likeness (QED) is 0.644. The lowest BCUT2D eigenvalue weighted by molar-refractivity contribution is -0.384. The van der Waals surface area contributed by atoms with E-state index < -0.39 is 10.7 Å². The molecule has 1 unspecified atom stereocenters. The van der Waals surface area contributed by atoms with Crippen LogP contribution in [-0.2, 0) is 6.42 Å². The average molecular weight is 330 g/mol. The van der Waals surface area contributed by atoms with Crippen LogP contribution in [0, 0.1) is 15.9 Å². The second-order valence-corrected chi connectivity index (χ2v) is 5.98. The third kappa shape index (κ3) is 3.48. The Balaban J connectivity index is 2.29. The Morgan fingerprint density at radius 3 is 2.86 bits per heavy atom. The van der Waals surface area contributed by atoms with Gasteiger partial charge in [-0.3, -0.25) is 10.1 Å². The number of nitro benzene ring substituents is 1. The van der Waals surface area contributed by atoms with Gasteiger partial charge in [0.2, 0.25) is 0 Å². The van der Waals surface area contributed by atoms with E-state index in [4.69, 9.17) is 11.6 Å². The van der Waals surface area contributed by atoms with Crippen molar-refractivity contribution in [2.24, 2.45) is 0 Å². The van der Waals surface area contributed by atoms with E-state index >= 15 is 0 Å². The molecule has 1 atom stereocenters. The van der Waals surface area contributed by atoms with Crippen LogP contribution in [0.15, 0.2) is 18.3 Å². The number of nitrogens with zero attached hydrogens (tertiary/aromatic N) is 2. The van der Waals surface area contributed by atoms with E-state index in [1.807, 2.05) is 13.8 Å². The summed E-state index contributed by atoms with van der Waals surface area (Å²) in [4.78, 5) is 15.8. The number of hydrogen-bond acceptors (Lipinski definition) is 5. The fourth-order valence-corrected chi connectivity index (χ4v) is 2.80. The van der Waals surface area contributed by atoms with Crippen molar-refractivity contribution in [3.05, 3.63) is 49.2 Å². The van der Waals surface area contributed by atoms with Gasteiger partial charge in [-0.05, 0) is 13.3 Å². The number of benzene rings is 1. The number of thiazole rings is 1. The number of nitrogens with one attached hydrogen (secondary N) is 1. The molecule has 0 radical (unpaired) electrons. The molecule has 0 aliphatic carbocycles. The number of aromatic nitrogens is 1. The minimum Gasteiger partial charge on any atom is -0.370 e. The Hall–Kier alpha value is -1.73. The first-order chi connectivity index (χ1) is 9.92. The summed E-state index contributed by atoms with van der Waals surface area (Å²) in [6.45, 7) is 3.84. The van der Waals surface area contributed by atoms with Crippen molar-refractivity contribution in [1.29, 1.82) is 0 Å². The number of aryl methyl sites for hydroxylation is 1. The lowest BCUT2D eigenvalue weighted by atomic mass is 10.2. The smallest absolute Gasteiger partial charge is 0.294 e. The van der Waals surface area contributed by atoms with Crippen molar-refractivity contribution in [3.63, 3.8) is 0 Å². The van der Waals surface area contributed by atoms with Crippen molar-refractivity contribution >= 4 is 34.3 Å². The fraction of sp³-hybridized carbons (Fsp3) is 0.308. The van der Waals surface area contributed by atoms with E-state index in [2.05, 4.69) is 10.3 Å². The maximum atomic E-state index is 13.5. The standard InChI is InChI=1S/C13H13ClFN3O2S/c1-3-8-6-16-13(21-8)7(2)17-11-5-10(15)9(14)4-12(11)18(19)20/h4-7,17H,3H2,1-2H3. The molecule has 1 N–H and O–H groups in total. The third-order valence-corrected chi connectivity index (χ3v) is 4.51. The number of nitro groups is 1. The van der Waals surface area contributed by atoms with Gasteiger partial charge < -0.3 is 5.32 Å². The normalized spacial score (nSPS) is 12.2. The molecule has 0 spiro atoms. The molecule has 0 bridgehead atoms. The Labute approximate surface area is 129 Å². The summed E-state index contributed by atoms with van der Waals surface area (Å²) in [5, 5.41) is 14.5. The van der Waals surface area contributed by atoms with Crippen LogP contribution in [0.1, 0.15) is 29.8 Å². The molecule has 0 saturated carbocycles. The van der Waals surface area contributed by atoms with E-state index in [1.54, 1.807) is 6.20 Å². The van der Waals surface area contributed by atoms with Gasteiger partial charge in [-0.25, -0.2) is 9.37 Å². The molecule has 0 fully saturated rings. The maximum Gasteiger partial charge on any atom is 0.294 e. The van der Waals surface area contributed by atoms with Gasteiger partial charge in [-0.1, -0.05) is 18.5 Å². The van der Waals surface area contributed by atoms with Crippen LogP contribution >= 0.6 is 22.9 Å². The second kappa shape index (κ2) is 6.36. The summed E-state index contributed by atoms with van der Waals surface area (Å²) in [5.74, 6) is -0.703.